The van der Waals surface area contributed by atoms with Gasteiger partial charge in [-0.1, -0.05) is 29.7 Å². The molecular weight excluding hydrogens is 272 g/mol. The van der Waals surface area contributed by atoms with Crippen molar-refractivity contribution in [3.8, 4) is 17.6 Å². The summed E-state index contributed by atoms with van der Waals surface area (Å²) < 4.78 is 7.57. The minimum absolute atomic E-state index is 0.361. The maximum absolute atomic E-state index is 5.69. The Morgan fingerprint density at radius 2 is 2.35 bits per heavy atom. The van der Waals surface area contributed by atoms with Gasteiger partial charge in [0.05, 0.1) is 13.2 Å². The summed E-state index contributed by atoms with van der Waals surface area (Å²) >= 11 is 1.61. The van der Waals surface area contributed by atoms with E-state index < -0.39 is 0 Å². The topological polar surface area (TPSA) is 66.0 Å². The highest BCUT2D eigenvalue weighted by Crippen LogP contribution is 2.15. The predicted octanol–water partition coefficient (Wildman–Crippen LogP) is 1.30. The van der Waals surface area contributed by atoms with E-state index in [9.17, 15) is 0 Å². The zero-order valence-electron chi connectivity index (χ0n) is 11.2. The number of aromatic nitrogens is 3. The maximum atomic E-state index is 5.69. The number of rotatable bonds is 5. The number of hydrogen-bond acceptors (Lipinski definition) is 5. The van der Waals surface area contributed by atoms with Crippen molar-refractivity contribution in [1.29, 1.82) is 0 Å². The Balaban J connectivity index is 1.81. The molecule has 2 rings (SSSR count). The van der Waals surface area contributed by atoms with Crippen LogP contribution in [-0.2, 0) is 7.05 Å². The Labute approximate surface area is 122 Å². The van der Waals surface area contributed by atoms with Gasteiger partial charge in [0.15, 0.2) is 5.16 Å². The van der Waals surface area contributed by atoms with Crippen LogP contribution in [0.5, 0.6) is 5.75 Å². The van der Waals surface area contributed by atoms with Gasteiger partial charge < -0.3 is 15.0 Å². The van der Waals surface area contributed by atoms with Crippen LogP contribution in [-0.4, -0.2) is 33.7 Å². The molecule has 104 valence electrons. The van der Waals surface area contributed by atoms with Crippen LogP contribution in [0.25, 0.3) is 0 Å². The minimum atomic E-state index is 0.361. The molecular formula is C14H16N4OS. The molecule has 5 nitrogen and oxygen atoms in total. The number of ether oxygens (including phenoxy) is 1. The standard InChI is InChI=1S/C14H16N4OS/c1-18-11-16-17-14(18)20-9-8-19-13-6-2-4-12(10-13)5-3-7-15/h2,4,6,10-11H,7-9,15H2,1H3. The molecule has 0 saturated carbocycles. The van der Waals surface area contributed by atoms with Gasteiger partial charge >= 0.3 is 0 Å². The first-order chi connectivity index (χ1) is 9.79. The van der Waals surface area contributed by atoms with Crippen molar-refractivity contribution < 1.29 is 4.74 Å². The summed E-state index contributed by atoms with van der Waals surface area (Å²) in [7, 11) is 1.92. The van der Waals surface area contributed by atoms with E-state index in [0.717, 1.165) is 22.2 Å². The van der Waals surface area contributed by atoms with Crippen molar-refractivity contribution in [2.24, 2.45) is 12.8 Å². The van der Waals surface area contributed by atoms with E-state index in [1.807, 2.05) is 35.9 Å². The van der Waals surface area contributed by atoms with Gasteiger partial charge in [-0.25, -0.2) is 0 Å². The molecule has 0 amide bonds. The summed E-state index contributed by atoms with van der Waals surface area (Å²) in [6.07, 6.45) is 1.68. The Morgan fingerprint density at radius 1 is 1.45 bits per heavy atom. The second-order valence-electron chi connectivity index (χ2n) is 3.96. The second kappa shape index (κ2) is 7.58. The van der Waals surface area contributed by atoms with Crippen molar-refractivity contribution in [2.75, 3.05) is 18.9 Å². The molecule has 1 aromatic carbocycles. The van der Waals surface area contributed by atoms with Gasteiger partial charge in [-0.3, -0.25) is 0 Å². The number of nitrogens with zero attached hydrogens (tertiary/aromatic N) is 3. The first-order valence-electron chi connectivity index (χ1n) is 6.18. The SMILES string of the molecule is Cn1cnnc1SCCOc1cccc(C#CCN)c1. The molecule has 0 aliphatic rings. The zero-order chi connectivity index (χ0) is 14.2. The van der Waals surface area contributed by atoms with E-state index in [-0.39, 0.29) is 0 Å². The van der Waals surface area contributed by atoms with E-state index in [0.29, 0.717) is 13.2 Å². The molecule has 0 saturated heterocycles. The quantitative estimate of drug-likeness (QED) is 0.510. The first kappa shape index (κ1) is 14.4. The van der Waals surface area contributed by atoms with Crippen LogP contribution >= 0.6 is 11.8 Å². The van der Waals surface area contributed by atoms with E-state index in [2.05, 4.69) is 22.0 Å². The maximum Gasteiger partial charge on any atom is 0.190 e. The lowest BCUT2D eigenvalue weighted by molar-refractivity contribution is 0.343. The molecule has 0 aliphatic carbocycles. The fourth-order valence-electron chi connectivity index (χ4n) is 1.51. The molecule has 0 aliphatic heterocycles. The van der Waals surface area contributed by atoms with E-state index in [4.69, 9.17) is 10.5 Å². The third-order valence-electron chi connectivity index (χ3n) is 2.42. The Kier molecular flexibility index (Phi) is 5.47. The number of nitrogens with two attached hydrogens (primary N) is 1. The van der Waals surface area contributed by atoms with Crippen LogP contribution < -0.4 is 10.5 Å². The highest BCUT2D eigenvalue weighted by Gasteiger charge is 2.01. The third kappa shape index (κ3) is 4.30. The van der Waals surface area contributed by atoms with Crippen molar-refractivity contribution in [3.63, 3.8) is 0 Å². The van der Waals surface area contributed by atoms with E-state index in [1.54, 1.807) is 18.1 Å². The van der Waals surface area contributed by atoms with Crippen molar-refractivity contribution in [2.45, 2.75) is 5.16 Å². The van der Waals surface area contributed by atoms with Gasteiger partial charge in [-0.15, -0.1) is 10.2 Å². The van der Waals surface area contributed by atoms with Crippen molar-refractivity contribution in [3.05, 3.63) is 36.2 Å². The molecule has 0 spiro atoms. The summed E-state index contributed by atoms with van der Waals surface area (Å²) in [6.45, 7) is 0.963. The van der Waals surface area contributed by atoms with Gasteiger partial charge in [0.2, 0.25) is 0 Å². The third-order valence-corrected chi connectivity index (χ3v) is 3.42. The van der Waals surface area contributed by atoms with Crippen LogP contribution in [0.4, 0.5) is 0 Å². The molecule has 1 aromatic heterocycles. The smallest absolute Gasteiger partial charge is 0.190 e. The molecule has 0 atom stereocenters. The number of aryl methyl sites for hydroxylation is 1. The average molecular weight is 288 g/mol. The van der Waals surface area contributed by atoms with E-state index >= 15 is 0 Å². The predicted molar refractivity (Wildman–Crippen MR) is 79.6 cm³/mol. The number of benzene rings is 1. The summed E-state index contributed by atoms with van der Waals surface area (Å²) in [4.78, 5) is 0. The number of hydrogen-bond donors (Lipinski definition) is 1. The summed E-state index contributed by atoms with van der Waals surface area (Å²) in [5, 5.41) is 8.71. The number of thioether (sulfide) groups is 1. The van der Waals surface area contributed by atoms with Crippen molar-refractivity contribution >= 4 is 11.8 Å². The monoisotopic (exact) mass is 288 g/mol. The molecule has 2 N–H and O–H groups in total. The van der Waals surface area contributed by atoms with E-state index in [1.165, 1.54) is 0 Å². The van der Waals surface area contributed by atoms with Gasteiger partial charge in [0.1, 0.15) is 12.1 Å². The highest BCUT2D eigenvalue weighted by molar-refractivity contribution is 7.99. The largest absolute Gasteiger partial charge is 0.493 e. The van der Waals surface area contributed by atoms with Crippen LogP contribution in [0.15, 0.2) is 35.7 Å². The normalized spacial score (nSPS) is 9.90. The van der Waals surface area contributed by atoms with Gasteiger partial charge in [-0.05, 0) is 18.2 Å². The van der Waals surface area contributed by atoms with Gasteiger partial charge in [-0.2, -0.15) is 0 Å². The van der Waals surface area contributed by atoms with Crippen molar-refractivity contribution in [1.82, 2.24) is 14.8 Å². The molecule has 2 aromatic rings. The molecule has 0 unspecified atom stereocenters. The molecule has 20 heavy (non-hydrogen) atoms. The lowest BCUT2D eigenvalue weighted by atomic mass is 10.2. The Bertz CT molecular complexity index is 615. The lowest BCUT2D eigenvalue weighted by Gasteiger charge is -2.06. The summed E-state index contributed by atoms with van der Waals surface area (Å²) in [6, 6.07) is 7.69. The minimum Gasteiger partial charge on any atom is -0.493 e. The Morgan fingerprint density at radius 3 is 3.10 bits per heavy atom. The van der Waals surface area contributed by atoms with Crippen LogP contribution in [0.2, 0.25) is 0 Å². The lowest BCUT2D eigenvalue weighted by Crippen LogP contribution is -2.01. The Hall–Kier alpha value is -1.97. The van der Waals surface area contributed by atoms with Gasteiger partial charge in [0.25, 0.3) is 0 Å². The molecule has 0 radical (unpaired) electrons. The first-order valence-corrected chi connectivity index (χ1v) is 7.17. The summed E-state index contributed by atoms with van der Waals surface area (Å²) in [5.74, 6) is 7.43. The highest BCUT2D eigenvalue weighted by atomic mass is 32.2. The summed E-state index contributed by atoms with van der Waals surface area (Å²) in [5.41, 5.74) is 6.26. The fraction of sp³-hybridized carbons (Fsp3) is 0.286. The van der Waals surface area contributed by atoms with Gasteiger partial charge in [0, 0.05) is 18.4 Å². The van der Waals surface area contributed by atoms with Crippen LogP contribution in [0, 0.1) is 11.8 Å². The average Bonchev–Trinajstić information content (AvgIpc) is 2.87. The molecule has 6 heteroatoms. The zero-order valence-corrected chi connectivity index (χ0v) is 12.1. The second-order valence-corrected chi connectivity index (χ2v) is 5.02. The fourth-order valence-corrected chi connectivity index (χ4v) is 2.22. The van der Waals surface area contributed by atoms with Crippen LogP contribution in [0.1, 0.15) is 5.56 Å². The molecule has 0 bridgehead atoms. The molecule has 1 heterocycles. The molecule has 0 fully saturated rings. The van der Waals surface area contributed by atoms with Crippen LogP contribution in [0.3, 0.4) is 0 Å².